The molecule has 2 amide bonds. The maximum absolute atomic E-state index is 12.7. The summed E-state index contributed by atoms with van der Waals surface area (Å²) in [6, 6.07) is 5.65. The summed E-state index contributed by atoms with van der Waals surface area (Å²) in [7, 11) is 0. The first-order valence-electron chi connectivity index (χ1n) is 8.68. The third-order valence-corrected chi connectivity index (χ3v) is 5.02. The van der Waals surface area contributed by atoms with Gasteiger partial charge >= 0.3 is 0 Å². The van der Waals surface area contributed by atoms with Crippen molar-refractivity contribution in [2.75, 3.05) is 39.4 Å². The van der Waals surface area contributed by atoms with Gasteiger partial charge in [-0.2, -0.15) is 0 Å². The second-order valence-corrected chi connectivity index (χ2v) is 6.54. The van der Waals surface area contributed by atoms with Crippen molar-refractivity contribution in [3.8, 4) is 5.75 Å². The van der Waals surface area contributed by atoms with Gasteiger partial charge in [-0.3, -0.25) is 9.59 Å². The van der Waals surface area contributed by atoms with Gasteiger partial charge in [0.25, 0.3) is 11.8 Å². The minimum atomic E-state index is -0.274. The van der Waals surface area contributed by atoms with Gasteiger partial charge < -0.3 is 19.3 Å². The zero-order chi connectivity index (χ0) is 16.5. The van der Waals surface area contributed by atoms with Crippen LogP contribution in [0.1, 0.15) is 28.8 Å². The van der Waals surface area contributed by atoms with Crippen molar-refractivity contribution < 1.29 is 19.1 Å². The quantitative estimate of drug-likeness (QED) is 0.814. The largest absolute Gasteiger partial charge is 0.493 e. The molecule has 4 rings (SSSR count). The average Bonchev–Trinajstić information content (AvgIpc) is 3.31. The Morgan fingerprint density at radius 1 is 1.04 bits per heavy atom. The first kappa shape index (κ1) is 15.4. The zero-order valence-corrected chi connectivity index (χ0v) is 13.7. The molecule has 0 spiro atoms. The summed E-state index contributed by atoms with van der Waals surface area (Å²) in [6.45, 7) is 3.68. The number of piperazine rings is 1. The Morgan fingerprint density at radius 3 is 2.58 bits per heavy atom. The molecule has 6 nitrogen and oxygen atoms in total. The van der Waals surface area contributed by atoms with Crippen LogP contribution in [0.2, 0.25) is 0 Å². The average molecular weight is 330 g/mol. The van der Waals surface area contributed by atoms with E-state index in [2.05, 4.69) is 0 Å². The Hall–Kier alpha value is -2.08. The summed E-state index contributed by atoms with van der Waals surface area (Å²) < 4.78 is 11.0. The molecule has 1 aromatic carbocycles. The second-order valence-electron chi connectivity index (χ2n) is 6.54. The van der Waals surface area contributed by atoms with Crippen LogP contribution in [0.15, 0.2) is 18.2 Å². The molecule has 0 aromatic heterocycles. The van der Waals surface area contributed by atoms with E-state index in [1.165, 1.54) is 0 Å². The Bertz CT molecular complexity index is 646. The van der Waals surface area contributed by atoms with Gasteiger partial charge in [-0.15, -0.1) is 0 Å². The maximum atomic E-state index is 12.7. The van der Waals surface area contributed by atoms with Gasteiger partial charge in [0.2, 0.25) is 0 Å². The summed E-state index contributed by atoms with van der Waals surface area (Å²) in [4.78, 5) is 28.7. The molecule has 0 aliphatic carbocycles. The summed E-state index contributed by atoms with van der Waals surface area (Å²) in [5, 5.41) is 0. The van der Waals surface area contributed by atoms with Crippen molar-refractivity contribution in [1.82, 2.24) is 9.80 Å². The summed E-state index contributed by atoms with van der Waals surface area (Å²) in [5.74, 6) is 1.00. The molecule has 3 aliphatic rings. The van der Waals surface area contributed by atoms with Crippen molar-refractivity contribution >= 4 is 11.8 Å². The smallest absolute Gasteiger partial charge is 0.253 e. The number of fused-ring (bicyclic) bond motifs is 1. The first-order valence-corrected chi connectivity index (χ1v) is 8.68. The Kier molecular flexibility index (Phi) is 4.14. The fourth-order valence-corrected chi connectivity index (χ4v) is 3.61. The van der Waals surface area contributed by atoms with Crippen molar-refractivity contribution in [2.24, 2.45) is 0 Å². The van der Waals surface area contributed by atoms with Crippen molar-refractivity contribution in [3.63, 3.8) is 0 Å². The molecule has 1 atom stereocenters. The lowest BCUT2D eigenvalue weighted by Crippen LogP contribution is -2.52. The molecular weight excluding hydrogens is 308 g/mol. The van der Waals surface area contributed by atoms with Crippen LogP contribution >= 0.6 is 0 Å². The normalized spacial score (nSPS) is 23.1. The predicted octanol–water partition coefficient (Wildman–Crippen LogP) is 1.08. The van der Waals surface area contributed by atoms with E-state index in [9.17, 15) is 9.59 Å². The van der Waals surface area contributed by atoms with Gasteiger partial charge in [0.05, 0.1) is 6.61 Å². The molecule has 3 heterocycles. The molecule has 24 heavy (non-hydrogen) atoms. The lowest BCUT2D eigenvalue weighted by Gasteiger charge is -2.35. The van der Waals surface area contributed by atoms with Crippen LogP contribution in [0.25, 0.3) is 0 Å². The molecule has 2 saturated heterocycles. The summed E-state index contributed by atoms with van der Waals surface area (Å²) >= 11 is 0. The number of carbonyl (C=O) groups excluding carboxylic acids is 2. The third kappa shape index (κ3) is 2.86. The number of nitrogens with zero attached hydrogens (tertiary/aromatic N) is 2. The van der Waals surface area contributed by atoms with E-state index < -0.39 is 0 Å². The van der Waals surface area contributed by atoms with Gasteiger partial charge in [-0.05, 0) is 36.6 Å². The molecule has 0 N–H and O–H groups in total. The van der Waals surface area contributed by atoms with Crippen LogP contribution in [0.5, 0.6) is 5.75 Å². The molecular formula is C18H22N2O4. The molecule has 128 valence electrons. The Morgan fingerprint density at radius 2 is 1.83 bits per heavy atom. The topological polar surface area (TPSA) is 59.1 Å². The van der Waals surface area contributed by atoms with Crippen LogP contribution in [0.3, 0.4) is 0 Å². The second kappa shape index (κ2) is 6.43. The van der Waals surface area contributed by atoms with Crippen LogP contribution in [0, 0.1) is 0 Å². The highest BCUT2D eigenvalue weighted by Crippen LogP contribution is 2.26. The van der Waals surface area contributed by atoms with E-state index in [1.807, 2.05) is 28.0 Å². The monoisotopic (exact) mass is 330 g/mol. The number of ether oxygens (including phenoxy) is 2. The van der Waals surface area contributed by atoms with E-state index in [4.69, 9.17) is 9.47 Å². The van der Waals surface area contributed by atoms with Crippen molar-refractivity contribution in [2.45, 2.75) is 25.4 Å². The SMILES string of the molecule is O=C(c1ccc2c(c1)CCO2)N1CCN(C(=O)C2CCCO2)CC1. The van der Waals surface area contributed by atoms with E-state index in [0.29, 0.717) is 45.0 Å². The molecule has 6 heteroatoms. The van der Waals surface area contributed by atoms with Gasteiger partial charge in [0.15, 0.2) is 0 Å². The molecule has 0 bridgehead atoms. The molecule has 1 aromatic rings. The van der Waals surface area contributed by atoms with Crippen LogP contribution in [-0.4, -0.2) is 67.1 Å². The summed E-state index contributed by atoms with van der Waals surface area (Å²) in [5.41, 5.74) is 1.81. The highest BCUT2D eigenvalue weighted by atomic mass is 16.5. The highest BCUT2D eigenvalue weighted by Gasteiger charge is 2.31. The highest BCUT2D eigenvalue weighted by molar-refractivity contribution is 5.95. The number of hydrogen-bond donors (Lipinski definition) is 0. The van der Waals surface area contributed by atoms with Gasteiger partial charge in [-0.1, -0.05) is 0 Å². The number of carbonyl (C=O) groups is 2. The first-order chi connectivity index (χ1) is 11.7. The number of hydrogen-bond acceptors (Lipinski definition) is 4. The number of amides is 2. The zero-order valence-electron chi connectivity index (χ0n) is 13.7. The molecule has 2 fully saturated rings. The summed E-state index contributed by atoms with van der Waals surface area (Å²) in [6.07, 6.45) is 2.36. The van der Waals surface area contributed by atoms with E-state index in [0.717, 1.165) is 30.6 Å². The minimum absolute atomic E-state index is 0.0360. The fraction of sp³-hybridized carbons (Fsp3) is 0.556. The van der Waals surface area contributed by atoms with E-state index >= 15 is 0 Å². The van der Waals surface area contributed by atoms with E-state index in [-0.39, 0.29) is 17.9 Å². The molecule has 0 saturated carbocycles. The lowest BCUT2D eigenvalue weighted by atomic mass is 10.1. The lowest BCUT2D eigenvalue weighted by molar-refractivity contribution is -0.142. The van der Waals surface area contributed by atoms with E-state index in [1.54, 1.807) is 0 Å². The van der Waals surface area contributed by atoms with Crippen molar-refractivity contribution in [1.29, 1.82) is 0 Å². The minimum Gasteiger partial charge on any atom is -0.493 e. The fourth-order valence-electron chi connectivity index (χ4n) is 3.61. The third-order valence-electron chi connectivity index (χ3n) is 5.02. The van der Waals surface area contributed by atoms with Crippen LogP contribution in [0.4, 0.5) is 0 Å². The molecule has 3 aliphatic heterocycles. The Labute approximate surface area is 141 Å². The van der Waals surface area contributed by atoms with Crippen molar-refractivity contribution in [3.05, 3.63) is 29.3 Å². The van der Waals surface area contributed by atoms with Gasteiger partial charge in [0, 0.05) is 44.8 Å². The molecule has 0 radical (unpaired) electrons. The number of rotatable bonds is 2. The van der Waals surface area contributed by atoms with Crippen LogP contribution < -0.4 is 4.74 Å². The van der Waals surface area contributed by atoms with Crippen LogP contribution in [-0.2, 0) is 16.0 Å². The van der Waals surface area contributed by atoms with Gasteiger partial charge in [0.1, 0.15) is 11.9 Å². The standard InChI is InChI=1S/C18H22N2O4/c21-17(14-3-4-15-13(12-14)5-11-24-15)19-6-8-20(9-7-19)18(22)16-2-1-10-23-16/h3-4,12,16H,1-2,5-11H2. The number of benzene rings is 1. The maximum Gasteiger partial charge on any atom is 0.253 e. The Balaban J connectivity index is 1.37. The van der Waals surface area contributed by atoms with Gasteiger partial charge in [-0.25, -0.2) is 0 Å². The predicted molar refractivity (Wildman–Crippen MR) is 87.1 cm³/mol. The molecule has 1 unspecified atom stereocenters.